The van der Waals surface area contributed by atoms with Gasteiger partial charge in [-0.05, 0) is 18.1 Å². The number of carbonyl (C=O) groups is 1. The summed E-state index contributed by atoms with van der Waals surface area (Å²) in [5, 5.41) is 0. The zero-order valence-corrected chi connectivity index (χ0v) is 12.9. The average molecular weight is 294 g/mol. The molecule has 2 aromatic carbocycles. The minimum absolute atomic E-state index is 0.0179. The van der Waals surface area contributed by atoms with Crippen LogP contribution in [-0.2, 0) is 11.2 Å². The van der Waals surface area contributed by atoms with E-state index in [2.05, 4.69) is 19.1 Å². The average Bonchev–Trinajstić information content (AvgIpc) is 2.92. The van der Waals surface area contributed by atoms with Crippen molar-refractivity contribution in [3.63, 3.8) is 0 Å². The highest BCUT2D eigenvalue weighted by atomic mass is 16.2. The van der Waals surface area contributed by atoms with Crippen LogP contribution in [0.1, 0.15) is 22.6 Å². The van der Waals surface area contributed by atoms with E-state index in [4.69, 9.17) is 5.73 Å². The summed E-state index contributed by atoms with van der Waals surface area (Å²) in [5.41, 5.74) is 9.76. The molecule has 3 nitrogen and oxygen atoms in total. The highest BCUT2D eigenvalue weighted by molar-refractivity contribution is 5.79. The number of hydrogen-bond acceptors (Lipinski definition) is 2. The smallest absolute Gasteiger partial charge is 0.227 e. The molecule has 0 unspecified atom stereocenters. The van der Waals surface area contributed by atoms with Crippen molar-refractivity contribution in [3.8, 4) is 0 Å². The molecular weight excluding hydrogens is 272 g/mol. The number of aryl methyl sites for hydroxylation is 1. The first-order valence-corrected chi connectivity index (χ1v) is 7.77. The second kappa shape index (κ2) is 6.32. The summed E-state index contributed by atoms with van der Waals surface area (Å²) in [5.74, 6) is 0.404. The molecule has 1 saturated heterocycles. The van der Waals surface area contributed by atoms with Gasteiger partial charge in [0.1, 0.15) is 0 Å². The maximum atomic E-state index is 12.5. The van der Waals surface area contributed by atoms with E-state index in [-0.39, 0.29) is 17.9 Å². The molecular formula is C19H22N2O. The molecule has 3 heteroatoms. The van der Waals surface area contributed by atoms with Crippen LogP contribution >= 0.6 is 0 Å². The number of carbonyl (C=O) groups excluding carboxylic acids is 1. The third kappa shape index (κ3) is 3.20. The summed E-state index contributed by atoms with van der Waals surface area (Å²) >= 11 is 0. The molecule has 114 valence electrons. The van der Waals surface area contributed by atoms with Crippen LogP contribution < -0.4 is 5.73 Å². The van der Waals surface area contributed by atoms with Gasteiger partial charge in [0.15, 0.2) is 0 Å². The van der Waals surface area contributed by atoms with Crippen LogP contribution in [0.5, 0.6) is 0 Å². The van der Waals surface area contributed by atoms with E-state index >= 15 is 0 Å². The third-order valence-corrected chi connectivity index (χ3v) is 4.42. The lowest BCUT2D eigenvalue weighted by atomic mass is 9.95. The number of nitrogens with two attached hydrogens (primary N) is 1. The molecule has 0 aromatic heterocycles. The van der Waals surface area contributed by atoms with Gasteiger partial charge in [-0.3, -0.25) is 4.79 Å². The van der Waals surface area contributed by atoms with Crippen LogP contribution in [-0.4, -0.2) is 29.9 Å². The highest BCUT2D eigenvalue weighted by Crippen LogP contribution is 2.26. The van der Waals surface area contributed by atoms with Gasteiger partial charge < -0.3 is 10.6 Å². The summed E-state index contributed by atoms with van der Waals surface area (Å²) in [7, 11) is 0. The number of nitrogens with zero attached hydrogens (tertiary/aromatic N) is 1. The lowest BCUT2D eigenvalue weighted by Crippen LogP contribution is -2.33. The predicted octanol–water partition coefficient (Wildman–Crippen LogP) is 2.49. The Morgan fingerprint density at radius 1 is 1.09 bits per heavy atom. The van der Waals surface area contributed by atoms with Crippen LogP contribution in [0.3, 0.4) is 0 Å². The Hall–Kier alpha value is -2.13. The summed E-state index contributed by atoms with van der Waals surface area (Å²) in [6.07, 6.45) is 0.453. The zero-order valence-electron chi connectivity index (χ0n) is 12.9. The van der Waals surface area contributed by atoms with E-state index in [9.17, 15) is 4.79 Å². The standard InChI is InChI=1S/C19H22N2O/c1-14-7-9-15(10-8-14)11-19(22)21-12-17(18(20)13-21)16-5-3-2-4-6-16/h2-10,17-18H,11-13,20H2,1H3/t17-,18+/m0/s1. The summed E-state index contributed by atoms with van der Waals surface area (Å²) in [4.78, 5) is 14.4. The first kappa shape index (κ1) is 14.8. The predicted molar refractivity (Wildman–Crippen MR) is 88.6 cm³/mol. The van der Waals surface area contributed by atoms with Gasteiger partial charge in [0.25, 0.3) is 0 Å². The molecule has 0 saturated carbocycles. The molecule has 2 aromatic rings. The Labute approximate surface area is 131 Å². The van der Waals surface area contributed by atoms with Crippen molar-refractivity contribution in [2.45, 2.75) is 25.3 Å². The molecule has 2 N–H and O–H groups in total. The van der Waals surface area contributed by atoms with Crippen molar-refractivity contribution >= 4 is 5.91 Å². The minimum atomic E-state index is 0.0179. The topological polar surface area (TPSA) is 46.3 Å². The molecule has 0 aliphatic carbocycles. The number of benzene rings is 2. The maximum absolute atomic E-state index is 12.5. The number of hydrogen-bond donors (Lipinski definition) is 1. The zero-order chi connectivity index (χ0) is 15.5. The second-order valence-electron chi connectivity index (χ2n) is 6.14. The first-order chi connectivity index (χ1) is 10.6. The Morgan fingerprint density at radius 2 is 1.77 bits per heavy atom. The lowest BCUT2D eigenvalue weighted by molar-refractivity contribution is -0.129. The van der Waals surface area contributed by atoms with Crippen LogP contribution in [0.25, 0.3) is 0 Å². The van der Waals surface area contributed by atoms with Crippen molar-refractivity contribution in [2.24, 2.45) is 5.73 Å². The Balaban J connectivity index is 1.66. The van der Waals surface area contributed by atoms with Gasteiger partial charge in [-0.2, -0.15) is 0 Å². The molecule has 1 fully saturated rings. The van der Waals surface area contributed by atoms with Gasteiger partial charge in [0.2, 0.25) is 5.91 Å². The molecule has 1 amide bonds. The molecule has 1 heterocycles. The van der Waals surface area contributed by atoms with E-state index in [1.54, 1.807) is 0 Å². The maximum Gasteiger partial charge on any atom is 0.227 e. The van der Waals surface area contributed by atoms with Crippen molar-refractivity contribution in [1.82, 2.24) is 4.90 Å². The van der Waals surface area contributed by atoms with Gasteiger partial charge in [-0.15, -0.1) is 0 Å². The van der Waals surface area contributed by atoms with Gasteiger partial charge >= 0.3 is 0 Å². The minimum Gasteiger partial charge on any atom is -0.340 e. The summed E-state index contributed by atoms with van der Waals surface area (Å²) in [6.45, 7) is 3.41. The fraction of sp³-hybridized carbons (Fsp3) is 0.316. The van der Waals surface area contributed by atoms with Crippen LogP contribution in [0.15, 0.2) is 54.6 Å². The number of rotatable bonds is 3. The van der Waals surface area contributed by atoms with Crippen molar-refractivity contribution in [3.05, 3.63) is 71.3 Å². The van der Waals surface area contributed by atoms with E-state index in [0.29, 0.717) is 13.0 Å². The van der Waals surface area contributed by atoms with Gasteiger partial charge in [-0.1, -0.05) is 60.2 Å². The van der Waals surface area contributed by atoms with Crippen molar-refractivity contribution in [1.29, 1.82) is 0 Å². The fourth-order valence-corrected chi connectivity index (χ4v) is 3.08. The Bertz CT molecular complexity index is 636. The van der Waals surface area contributed by atoms with Crippen molar-refractivity contribution < 1.29 is 4.79 Å². The SMILES string of the molecule is Cc1ccc(CC(=O)N2C[C@@H](N)[C@H](c3ccccc3)C2)cc1. The largest absolute Gasteiger partial charge is 0.340 e. The van der Waals surface area contributed by atoms with Crippen molar-refractivity contribution in [2.75, 3.05) is 13.1 Å². The van der Waals surface area contributed by atoms with Crippen LogP contribution in [0.4, 0.5) is 0 Å². The normalized spacial score (nSPS) is 21.1. The molecule has 22 heavy (non-hydrogen) atoms. The van der Waals surface area contributed by atoms with E-state index in [0.717, 1.165) is 12.1 Å². The quantitative estimate of drug-likeness (QED) is 0.945. The third-order valence-electron chi connectivity index (χ3n) is 4.42. The first-order valence-electron chi connectivity index (χ1n) is 7.77. The van der Waals surface area contributed by atoms with Crippen LogP contribution in [0, 0.1) is 6.92 Å². The Kier molecular flexibility index (Phi) is 4.25. The molecule has 1 aliphatic rings. The second-order valence-corrected chi connectivity index (χ2v) is 6.14. The summed E-state index contributed by atoms with van der Waals surface area (Å²) < 4.78 is 0. The van der Waals surface area contributed by atoms with Crippen LogP contribution in [0.2, 0.25) is 0 Å². The van der Waals surface area contributed by atoms with E-state index in [1.165, 1.54) is 11.1 Å². The number of amides is 1. The van der Waals surface area contributed by atoms with E-state index in [1.807, 2.05) is 47.4 Å². The van der Waals surface area contributed by atoms with Gasteiger partial charge in [0.05, 0.1) is 6.42 Å². The van der Waals surface area contributed by atoms with Gasteiger partial charge in [-0.25, -0.2) is 0 Å². The highest BCUT2D eigenvalue weighted by Gasteiger charge is 2.33. The molecule has 3 rings (SSSR count). The molecule has 0 bridgehead atoms. The molecule has 0 radical (unpaired) electrons. The Morgan fingerprint density at radius 3 is 2.45 bits per heavy atom. The lowest BCUT2D eigenvalue weighted by Gasteiger charge is -2.16. The fourth-order valence-electron chi connectivity index (χ4n) is 3.08. The van der Waals surface area contributed by atoms with E-state index < -0.39 is 0 Å². The summed E-state index contributed by atoms with van der Waals surface area (Å²) in [6, 6.07) is 18.4. The molecule has 2 atom stereocenters. The van der Waals surface area contributed by atoms with Gasteiger partial charge in [0, 0.05) is 25.0 Å². The monoisotopic (exact) mass is 294 g/mol. The number of likely N-dealkylation sites (tertiary alicyclic amines) is 1. The molecule has 1 aliphatic heterocycles. The molecule has 0 spiro atoms.